The number of carbonyl (C=O) groups is 1. The molecule has 0 saturated carbocycles. The van der Waals surface area contributed by atoms with E-state index in [4.69, 9.17) is 5.41 Å². The second kappa shape index (κ2) is 7.34. The van der Waals surface area contributed by atoms with Gasteiger partial charge in [0.1, 0.15) is 0 Å². The van der Waals surface area contributed by atoms with Crippen molar-refractivity contribution in [2.75, 3.05) is 0 Å². The molecule has 0 saturated heterocycles. The van der Waals surface area contributed by atoms with Crippen LogP contribution in [0.15, 0.2) is 66.7 Å². The third-order valence-corrected chi connectivity index (χ3v) is 3.27. The van der Waals surface area contributed by atoms with Crippen LogP contribution in [0.3, 0.4) is 0 Å². The number of Topliss-reactive ketones (excluding diaryl/α,β-unsaturated/α-hetero) is 1. The predicted octanol–water partition coefficient (Wildman–Crippen LogP) is 4.25. The fourth-order valence-electron chi connectivity index (χ4n) is 2.17. The molecule has 0 heterocycles. The van der Waals surface area contributed by atoms with Gasteiger partial charge in [0.2, 0.25) is 5.78 Å². The Labute approximate surface area is 125 Å². The first kappa shape index (κ1) is 14.9. The fraction of sp³-hybridized carbons (Fsp3) is 0.158. The van der Waals surface area contributed by atoms with Gasteiger partial charge in [-0.05, 0) is 24.5 Å². The zero-order chi connectivity index (χ0) is 15.1. The Balaban J connectivity index is 2.07. The molecule has 2 aromatic carbocycles. The van der Waals surface area contributed by atoms with E-state index in [0.29, 0.717) is 12.0 Å². The molecule has 1 N–H and O–H groups in total. The number of carbonyl (C=O) groups excluding carboxylic acids is 1. The lowest BCUT2D eigenvalue weighted by Crippen LogP contribution is -2.15. The highest BCUT2D eigenvalue weighted by Crippen LogP contribution is 2.10. The fourth-order valence-corrected chi connectivity index (χ4v) is 2.17. The zero-order valence-corrected chi connectivity index (χ0v) is 12.2. The van der Waals surface area contributed by atoms with Gasteiger partial charge in [-0.15, -0.1) is 0 Å². The van der Waals surface area contributed by atoms with Crippen molar-refractivity contribution in [2.24, 2.45) is 0 Å². The highest BCUT2D eigenvalue weighted by molar-refractivity contribution is 6.45. The zero-order valence-electron chi connectivity index (χ0n) is 12.2. The molecule has 0 aliphatic rings. The summed E-state index contributed by atoms with van der Waals surface area (Å²) in [6.07, 6.45) is 5.37. The Bertz CT molecular complexity index is 656. The molecule has 0 amide bonds. The summed E-state index contributed by atoms with van der Waals surface area (Å²) < 4.78 is 0. The van der Waals surface area contributed by atoms with Crippen molar-refractivity contribution in [2.45, 2.75) is 19.8 Å². The van der Waals surface area contributed by atoms with Gasteiger partial charge < -0.3 is 5.41 Å². The van der Waals surface area contributed by atoms with E-state index in [1.165, 1.54) is 5.56 Å². The Morgan fingerprint density at radius 1 is 1.05 bits per heavy atom. The van der Waals surface area contributed by atoms with Crippen LogP contribution in [0, 0.1) is 5.41 Å². The van der Waals surface area contributed by atoms with Crippen LogP contribution in [-0.4, -0.2) is 11.5 Å². The summed E-state index contributed by atoms with van der Waals surface area (Å²) >= 11 is 0. The number of rotatable bonds is 6. The van der Waals surface area contributed by atoms with E-state index in [9.17, 15) is 4.79 Å². The highest BCUT2D eigenvalue weighted by Gasteiger charge is 2.12. The van der Waals surface area contributed by atoms with Crippen LogP contribution in [0.1, 0.15) is 28.4 Å². The highest BCUT2D eigenvalue weighted by atomic mass is 16.1. The van der Waals surface area contributed by atoms with Crippen molar-refractivity contribution in [1.29, 1.82) is 5.41 Å². The lowest BCUT2D eigenvalue weighted by atomic mass is 9.99. The van der Waals surface area contributed by atoms with Gasteiger partial charge in [-0.25, -0.2) is 0 Å². The van der Waals surface area contributed by atoms with Crippen LogP contribution in [0.4, 0.5) is 0 Å². The standard InChI is InChI=1S/C19H19NO/c1-2-3-8-15-9-7-10-16(13-15)14-18(20)19(21)17-11-5-4-6-12-17/h2-7,9-13,20H,8,14H2,1H3. The molecule has 0 atom stereocenters. The molecule has 0 fully saturated rings. The Hall–Kier alpha value is -2.48. The number of hydrogen-bond acceptors (Lipinski definition) is 2. The molecule has 2 nitrogen and oxygen atoms in total. The minimum Gasteiger partial charge on any atom is -0.301 e. The molecule has 2 rings (SSSR count). The van der Waals surface area contributed by atoms with Crippen LogP contribution in [0.5, 0.6) is 0 Å². The molecular formula is C19H19NO. The van der Waals surface area contributed by atoms with Gasteiger partial charge in [-0.2, -0.15) is 0 Å². The molecule has 0 unspecified atom stereocenters. The number of benzene rings is 2. The summed E-state index contributed by atoms with van der Waals surface area (Å²) in [5.74, 6) is -0.200. The lowest BCUT2D eigenvalue weighted by molar-refractivity contribution is 0.106. The first-order valence-corrected chi connectivity index (χ1v) is 7.07. The van der Waals surface area contributed by atoms with Gasteiger partial charge in [0.15, 0.2) is 0 Å². The van der Waals surface area contributed by atoms with Crippen molar-refractivity contribution in [3.8, 4) is 0 Å². The third kappa shape index (κ3) is 4.25. The SMILES string of the molecule is CC=CCc1cccc(CC(=N)C(=O)c2ccccc2)c1. The molecule has 0 aromatic heterocycles. The normalized spacial score (nSPS) is 10.7. The number of allylic oxidation sites excluding steroid dienone is 2. The molecule has 0 aliphatic carbocycles. The molecule has 0 radical (unpaired) electrons. The van der Waals surface area contributed by atoms with Crippen molar-refractivity contribution < 1.29 is 4.79 Å². The van der Waals surface area contributed by atoms with Gasteiger partial charge in [0.05, 0.1) is 5.71 Å². The summed E-state index contributed by atoms with van der Waals surface area (Å²) in [5, 5.41) is 8.01. The smallest absolute Gasteiger partial charge is 0.206 e. The maximum absolute atomic E-state index is 12.2. The summed E-state index contributed by atoms with van der Waals surface area (Å²) in [4.78, 5) is 12.2. The molecule has 0 bridgehead atoms. The molecule has 21 heavy (non-hydrogen) atoms. The van der Waals surface area contributed by atoms with Crippen LogP contribution in [0.2, 0.25) is 0 Å². The molecule has 0 spiro atoms. The maximum Gasteiger partial charge on any atom is 0.206 e. The minimum atomic E-state index is -0.200. The topological polar surface area (TPSA) is 40.9 Å². The molecular weight excluding hydrogens is 258 g/mol. The average molecular weight is 277 g/mol. The summed E-state index contributed by atoms with van der Waals surface area (Å²) in [6.45, 7) is 2.00. The first-order valence-electron chi connectivity index (χ1n) is 7.07. The van der Waals surface area contributed by atoms with Crippen LogP contribution < -0.4 is 0 Å². The Morgan fingerprint density at radius 3 is 2.48 bits per heavy atom. The van der Waals surface area contributed by atoms with Crippen molar-refractivity contribution in [1.82, 2.24) is 0 Å². The number of nitrogens with one attached hydrogen (secondary N) is 1. The van der Waals surface area contributed by atoms with E-state index in [0.717, 1.165) is 12.0 Å². The van der Waals surface area contributed by atoms with Gasteiger partial charge in [0.25, 0.3) is 0 Å². The Morgan fingerprint density at radius 2 is 1.76 bits per heavy atom. The van der Waals surface area contributed by atoms with E-state index in [1.54, 1.807) is 12.1 Å². The van der Waals surface area contributed by atoms with Gasteiger partial charge in [-0.3, -0.25) is 4.79 Å². The van der Waals surface area contributed by atoms with Crippen LogP contribution in [0.25, 0.3) is 0 Å². The largest absolute Gasteiger partial charge is 0.301 e. The monoisotopic (exact) mass is 277 g/mol. The molecule has 0 aliphatic heterocycles. The van der Waals surface area contributed by atoms with Crippen LogP contribution >= 0.6 is 0 Å². The summed E-state index contributed by atoms with van der Waals surface area (Å²) in [5.41, 5.74) is 2.91. The van der Waals surface area contributed by atoms with Crippen molar-refractivity contribution in [3.05, 3.63) is 83.4 Å². The van der Waals surface area contributed by atoms with E-state index in [-0.39, 0.29) is 11.5 Å². The van der Waals surface area contributed by atoms with E-state index >= 15 is 0 Å². The van der Waals surface area contributed by atoms with E-state index in [1.807, 2.05) is 43.3 Å². The molecule has 2 aromatic rings. The third-order valence-electron chi connectivity index (χ3n) is 3.27. The minimum absolute atomic E-state index is 0.129. The van der Waals surface area contributed by atoms with E-state index in [2.05, 4.69) is 18.2 Å². The molecule has 106 valence electrons. The maximum atomic E-state index is 12.2. The van der Waals surface area contributed by atoms with Gasteiger partial charge in [0, 0.05) is 12.0 Å². The quantitative estimate of drug-likeness (QED) is 0.478. The average Bonchev–Trinajstić information content (AvgIpc) is 2.53. The number of hydrogen-bond donors (Lipinski definition) is 1. The van der Waals surface area contributed by atoms with Gasteiger partial charge in [-0.1, -0.05) is 66.7 Å². The second-order valence-corrected chi connectivity index (χ2v) is 4.94. The van der Waals surface area contributed by atoms with Crippen molar-refractivity contribution >= 4 is 11.5 Å². The van der Waals surface area contributed by atoms with Gasteiger partial charge >= 0.3 is 0 Å². The van der Waals surface area contributed by atoms with E-state index < -0.39 is 0 Å². The number of ketones is 1. The second-order valence-electron chi connectivity index (χ2n) is 4.94. The van der Waals surface area contributed by atoms with Crippen molar-refractivity contribution in [3.63, 3.8) is 0 Å². The summed E-state index contributed by atoms with van der Waals surface area (Å²) in [7, 11) is 0. The van der Waals surface area contributed by atoms with Crippen LogP contribution in [-0.2, 0) is 12.8 Å². The molecule has 2 heteroatoms. The Kier molecular flexibility index (Phi) is 5.22. The first-order chi connectivity index (χ1) is 10.2. The lowest BCUT2D eigenvalue weighted by Gasteiger charge is -2.05. The predicted molar refractivity (Wildman–Crippen MR) is 87.2 cm³/mol. The summed E-state index contributed by atoms with van der Waals surface area (Å²) in [6, 6.07) is 17.1.